The average Bonchev–Trinajstić information content (AvgIpc) is 2.91. The molecule has 1 aromatic heterocycles. The van der Waals surface area contributed by atoms with E-state index in [1.807, 2.05) is 10.8 Å². The molecule has 0 bridgehead atoms. The van der Waals surface area contributed by atoms with Crippen LogP contribution in [0.25, 0.3) is 0 Å². The van der Waals surface area contributed by atoms with Crippen molar-refractivity contribution in [2.45, 2.75) is 24.8 Å². The van der Waals surface area contributed by atoms with Crippen LogP contribution < -0.4 is 4.72 Å². The molecule has 0 saturated carbocycles. The number of sulfonamides is 1. The minimum absolute atomic E-state index is 0.238. The summed E-state index contributed by atoms with van der Waals surface area (Å²) >= 11 is 5.89. The van der Waals surface area contributed by atoms with Gasteiger partial charge in [-0.2, -0.15) is 0 Å². The molecule has 0 saturated heterocycles. The molecule has 7 heteroatoms. The highest BCUT2D eigenvalue weighted by molar-refractivity contribution is 7.89. The minimum Gasteiger partial charge on any atom is -0.337 e. The standard InChI is InChI=1S/C13H16ClN3O2S/c1-11-9-12(3-4-13(11)14)20(18,19)16-5-2-7-17-8-6-15-10-17/h3-4,6,8-10,16H,2,5,7H2,1H3. The Morgan fingerprint density at radius 3 is 2.85 bits per heavy atom. The molecule has 0 radical (unpaired) electrons. The van der Waals surface area contributed by atoms with E-state index in [-0.39, 0.29) is 4.90 Å². The first kappa shape index (κ1) is 15.0. The molecule has 5 nitrogen and oxygen atoms in total. The van der Waals surface area contributed by atoms with Gasteiger partial charge in [0.1, 0.15) is 0 Å². The number of halogens is 1. The van der Waals surface area contributed by atoms with Crippen molar-refractivity contribution >= 4 is 21.6 Å². The van der Waals surface area contributed by atoms with E-state index < -0.39 is 10.0 Å². The number of hydrogen-bond acceptors (Lipinski definition) is 3. The topological polar surface area (TPSA) is 64.0 Å². The highest BCUT2D eigenvalue weighted by atomic mass is 35.5. The number of imidazole rings is 1. The zero-order chi connectivity index (χ0) is 14.6. The van der Waals surface area contributed by atoms with Crippen LogP contribution in [0.1, 0.15) is 12.0 Å². The quantitative estimate of drug-likeness (QED) is 0.832. The van der Waals surface area contributed by atoms with Gasteiger partial charge in [-0.3, -0.25) is 0 Å². The third-order valence-corrected chi connectivity index (χ3v) is 4.77. The highest BCUT2D eigenvalue weighted by Gasteiger charge is 2.13. The van der Waals surface area contributed by atoms with Gasteiger partial charge in [0, 0.05) is 30.5 Å². The van der Waals surface area contributed by atoms with Crippen LogP contribution in [0.15, 0.2) is 41.8 Å². The third-order valence-electron chi connectivity index (χ3n) is 2.88. The van der Waals surface area contributed by atoms with Crippen LogP contribution in [0.2, 0.25) is 5.02 Å². The van der Waals surface area contributed by atoms with Crippen molar-refractivity contribution in [3.63, 3.8) is 0 Å². The van der Waals surface area contributed by atoms with E-state index in [1.165, 1.54) is 6.07 Å². The number of aromatic nitrogens is 2. The molecule has 0 unspecified atom stereocenters. The first-order valence-corrected chi connectivity index (χ1v) is 8.07. The zero-order valence-corrected chi connectivity index (χ0v) is 12.7. The largest absolute Gasteiger partial charge is 0.337 e. The average molecular weight is 314 g/mol. The summed E-state index contributed by atoms with van der Waals surface area (Å²) in [6.07, 6.45) is 5.94. The Kier molecular flexibility index (Phi) is 4.80. The number of nitrogens with zero attached hydrogens (tertiary/aromatic N) is 2. The normalized spacial score (nSPS) is 11.7. The summed E-state index contributed by atoms with van der Waals surface area (Å²) in [6, 6.07) is 4.67. The first-order valence-electron chi connectivity index (χ1n) is 6.20. The fraction of sp³-hybridized carbons (Fsp3) is 0.308. The Morgan fingerprint density at radius 1 is 1.40 bits per heavy atom. The maximum absolute atomic E-state index is 12.1. The summed E-state index contributed by atoms with van der Waals surface area (Å²) in [5.41, 5.74) is 0.743. The Morgan fingerprint density at radius 2 is 2.20 bits per heavy atom. The predicted molar refractivity (Wildman–Crippen MR) is 78.2 cm³/mol. The maximum atomic E-state index is 12.1. The fourth-order valence-corrected chi connectivity index (χ4v) is 3.03. The molecule has 1 heterocycles. The van der Waals surface area contributed by atoms with Crippen molar-refractivity contribution in [2.24, 2.45) is 0 Å². The molecule has 0 fully saturated rings. The van der Waals surface area contributed by atoms with Crippen molar-refractivity contribution in [1.82, 2.24) is 14.3 Å². The fourth-order valence-electron chi connectivity index (χ4n) is 1.75. The number of hydrogen-bond donors (Lipinski definition) is 1. The summed E-state index contributed by atoms with van der Waals surface area (Å²) in [7, 11) is -3.47. The van der Waals surface area contributed by atoms with E-state index in [4.69, 9.17) is 11.6 Å². The Bertz CT molecular complexity index is 669. The van der Waals surface area contributed by atoms with E-state index >= 15 is 0 Å². The van der Waals surface area contributed by atoms with Gasteiger partial charge in [-0.1, -0.05) is 11.6 Å². The lowest BCUT2D eigenvalue weighted by Crippen LogP contribution is -2.25. The third kappa shape index (κ3) is 3.82. The second kappa shape index (κ2) is 6.39. The molecule has 2 rings (SSSR count). The molecule has 0 aliphatic heterocycles. The van der Waals surface area contributed by atoms with Gasteiger partial charge in [0.25, 0.3) is 0 Å². The number of rotatable bonds is 6. The summed E-state index contributed by atoms with van der Waals surface area (Å²) in [5.74, 6) is 0. The molecule has 1 N–H and O–H groups in total. The Labute approximate surface area is 123 Å². The van der Waals surface area contributed by atoms with Gasteiger partial charge in [-0.25, -0.2) is 18.1 Å². The van der Waals surface area contributed by atoms with Crippen LogP contribution in [-0.4, -0.2) is 24.5 Å². The van der Waals surface area contributed by atoms with E-state index in [1.54, 1.807) is 31.6 Å². The van der Waals surface area contributed by atoms with Crippen molar-refractivity contribution in [3.8, 4) is 0 Å². The molecule has 0 amide bonds. The van der Waals surface area contributed by atoms with Crippen molar-refractivity contribution in [3.05, 3.63) is 47.5 Å². The SMILES string of the molecule is Cc1cc(S(=O)(=O)NCCCn2ccnc2)ccc1Cl. The lowest BCUT2D eigenvalue weighted by molar-refractivity contribution is 0.569. The molecule has 20 heavy (non-hydrogen) atoms. The Balaban J connectivity index is 1.92. The monoisotopic (exact) mass is 313 g/mol. The van der Waals surface area contributed by atoms with Crippen LogP contribution in [0.4, 0.5) is 0 Å². The smallest absolute Gasteiger partial charge is 0.240 e. The van der Waals surface area contributed by atoms with Crippen LogP contribution in [0, 0.1) is 6.92 Å². The van der Waals surface area contributed by atoms with E-state index in [0.29, 0.717) is 18.0 Å². The van der Waals surface area contributed by atoms with Gasteiger partial charge >= 0.3 is 0 Å². The number of benzene rings is 1. The molecule has 0 spiro atoms. The number of aryl methyl sites for hydroxylation is 2. The highest BCUT2D eigenvalue weighted by Crippen LogP contribution is 2.19. The summed E-state index contributed by atoms with van der Waals surface area (Å²) in [5, 5.41) is 0.559. The molecule has 0 aliphatic rings. The predicted octanol–water partition coefficient (Wildman–Crippen LogP) is 2.21. The van der Waals surface area contributed by atoms with Crippen molar-refractivity contribution < 1.29 is 8.42 Å². The van der Waals surface area contributed by atoms with E-state index in [9.17, 15) is 8.42 Å². The van der Waals surface area contributed by atoms with Gasteiger partial charge in [0.15, 0.2) is 0 Å². The van der Waals surface area contributed by atoms with Crippen LogP contribution in [0.3, 0.4) is 0 Å². The number of nitrogens with one attached hydrogen (secondary N) is 1. The second-order valence-corrected chi connectivity index (χ2v) is 6.64. The second-order valence-electron chi connectivity index (χ2n) is 4.46. The van der Waals surface area contributed by atoms with Crippen LogP contribution in [0.5, 0.6) is 0 Å². The molecule has 0 atom stereocenters. The van der Waals surface area contributed by atoms with Crippen molar-refractivity contribution in [1.29, 1.82) is 0 Å². The minimum atomic E-state index is -3.47. The maximum Gasteiger partial charge on any atom is 0.240 e. The molecule has 0 aliphatic carbocycles. The zero-order valence-electron chi connectivity index (χ0n) is 11.1. The lowest BCUT2D eigenvalue weighted by Gasteiger charge is -2.08. The van der Waals surface area contributed by atoms with Gasteiger partial charge in [0.2, 0.25) is 10.0 Å². The summed E-state index contributed by atoms with van der Waals surface area (Å²) in [6.45, 7) is 2.88. The summed E-state index contributed by atoms with van der Waals surface area (Å²) in [4.78, 5) is 4.16. The molecule has 1 aromatic carbocycles. The first-order chi connectivity index (χ1) is 9.49. The van der Waals surface area contributed by atoms with Gasteiger partial charge in [-0.05, 0) is 37.1 Å². The van der Waals surface area contributed by atoms with Gasteiger partial charge < -0.3 is 4.57 Å². The van der Waals surface area contributed by atoms with E-state index in [0.717, 1.165) is 12.1 Å². The molecule has 108 valence electrons. The van der Waals surface area contributed by atoms with Crippen molar-refractivity contribution in [2.75, 3.05) is 6.54 Å². The molecular weight excluding hydrogens is 298 g/mol. The summed E-state index contributed by atoms with van der Waals surface area (Å²) < 4.78 is 28.7. The lowest BCUT2D eigenvalue weighted by atomic mass is 10.2. The van der Waals surface area contributed by atoms with Gasteiger partial charge in [-0.15, -0.1) is 0 Å². The van der Waals surface area contributed by atoms with Crippen LogP contribution >= 0.6 is 11.6 Å². The van der Waals surface area contributed by atoms with Gasteiger partial charge in [0.05, 0.1) is 11.2 Å². The Hall–Kier alpha value is -1.37. The molecule has 2 aromatic rings. The van der Waals surface area contributed by atoms with Crippen LogP contribution in [-0.2, 0) is 16.6 Å². The molecular formula is C13H16ClN3O2S. The van der Waals surface area contributed by atoms with E-state index in [2.05, 4.69) is 9.71 Å².